The second kappa shape index (κ2) is 7.35. The highest BCUT2D eigenvalue weighted by atomic mass is 16.3. The molecule has 1 amide bonds. The summed E-state index contributed by atoms with van der Waals surface area (Å²) >= 11 is 0. The number of aryl methyl sites for hydroxylation is 3. The molecule has 0 aliphatic rings. The van der Waals surface area contributed by atoms with E-state index in [2.05, 4.69) is 10.4 Å². The van der Waals surface area contributed by atoms with Gasteiger partial charge < -0.3 is 9.73 Å². The van der Waals surface area contributed by atoms with E-state index in [1.807, 2.05) is 38.2 Å². The van der Waals surface area contributed by atoms with Crippen LogP contribution in [-0.4, -0.2) is 26.1 Å². The van der Waals surface area contributed by atoms with Crippen molar-refractivity contribution < 1.29 is 9.21 Å². The van der Waals surface area contributed by atoms with Crippen molar-refractivity contribution in [1.29, 1.82) is 0 Å². The van der Waals surface area contributed by atoms with E-state index >= 15 is 0 Å². The molecule has 3 aromatic heterocycles. The number of nitrogens with one attached hydrogen (secondary N) is 1. The van der Waals surface area contributed by atoms with Crippen molar-refractivity contribution in [2.24, 2.45) is 0 Å². The fourth-order valence-corrected chi connectivity index (χ4v) is 3.13. The molecule has 0 fully saturated rings. The zero-order valence-electron chi connectivity index (χ0n) is 15.8. The van der Waals surface area contributed by atoms with Gasteiger partial charge in [0.05, 0.1) is 5.52 Å². The number of carbonyl (C=O) groups is 1. The normalized spacial score (nSPS) is 12.8. The molecule has 0 aliphatic heterocycles. The van der Waals surface area contributed by atoms with Crippen molar-refractivity contribution in [3.05, 3.63) is 34.1 Å². The molecule has 0 saturated heterocycles. The monoisotopic (exact) mass is 358 g/mol. The van der Waals surface area contributed by atoms with Crippen LogP contribution in [0.3, 0.4) is 0 Å². The highest BCUT2D eigenvalue weighted by molar-refractivity contribution is 5.83. The van der Waals surface area contributed by atoms with E-state index in [-0.39, 0.29) is 17.5 Å². The first kappa shape index (κ1) is 18.2. The van der Waals surface area contributed by atoms with E-state index in [0.29, 0.717) is 36.9 Å². The molecule has 0 aromatic carbocycles. The van der Waals surface area contributed by atoms with Crippen molar-refractivity contribution in [2.45, 2.75) is 66.0 Å². The van der Waals surface area contributed by atoms with Gasteiger partial charge in [-0.05, 0) is 26.7 Å². The molecular formula is C19H26N4O3. The zero-order chi connectivity index (χ0) is 18.8. The summed E-state index contributed by atoms with van der Waals surface area (Å²) in [5.41, 5.74) is 1.98. The third kappa shape index (κ3) is 3.38. The minimum atomic E-state index is -0.159. The fourth-order valence-electron chi connectivity index (χ4n) is 3.13. The van der Waals surface area contributed by atoms with Gasteiger partial charge in [0.25, 0.3) is 5.56 Å². The van der Waals surface area contributed by atoms with Gasteiger partial charge in [0, 0.05) is 37.6 Å². The van der Waals surface area contributed by atoms with Crippen LogP contribution in [0.25, 0.3) is 16.6 Å². The summed E-state index contributed by atoms with van der Waals surface area (Å²) in [4.78, 5) is 24.7. The maximum atomic E-state index is 12.8. The molecular weight excluding hydrogens is 332 g/mol. The SMILES string of the molecule is CCc1nn(CCCC(=O)NC(C)CC)c(=O)c2cc3oc(C)cc3n12. The van der Waals surface area contributed by atoms with Gasteiger partial charge in [-0.1, -0.05) is 13.8 Å². The van der Waals surface area contributed by atoms with Crippen LogP contribution in [0, 0.1) is 6.92 Å². The van der Waals surface area contributed by atoms with Gasteiger partial charge in [0.1, 0.15) is 17.1 Å². The largest absolute Gasteiger partial charge is 0.460 e. The van der Waals surface area contributed by atoms with Crippen LogP contribution in [0.4, 0.5) is 0 Å². The van der Waals surface area contributed by atoms with Gasteiger partial charge >= 0.3 is 0 Å². The molecule has 1 atom stereocenters. The zero-order valence-corrected chi connectivity index (χ0v) is 15.8. The summed E-state index contributed by atoms with van der Waals surface area (Å²) in [6.45, 7) is 8.33. The van der Waals surface area contributed by atoms with Crippen molar-refractivity contribution in [2.75, 3.05) is 0 Å². The van der Waals surface area contributed by atoms with Gasteiger partial charge in [-0.3, -0.25) is 14.0 Å². The van der Waals surface area contributed by atoms with Crippen LogP contribution in [0.5, 0.6) is 0 Å². The third-order valence-electron chi connectivity index (χ3n) is 4.67. The first-order chi connectivity index (χ1) is 12.4. The standard InChI is InChI=1S/C19H26N4O3/c1-5-12(3)20-18(24)8-7-9-22-19(25)15-11-16-14(10-13(4)26-16)23(15)17(6-2)21-22/h10-12H,5-9H2,1-4H3,(H,20,24). The van der Waals surface area contributed by atoms with E-state index in [9.17, 15) is 9.59 Å². The predicted molar refractivity (Wildman–Crippen MR) is 100 cm³/mol. The molecule has 3 rings (SSSR count). The summed E-state index contributed by atoms with van der Waals surface area (Å²) in [5, 5.41) is 7.46. The van der Waals surface area contributed by atoms with Crippen LogP contribution in [0.15, 0.2) is 21.3 Å². The molecule has 26 heavy (non-hydrogen) atoms. The van der Waals surface area contributed by atoms with Gasteiger partial charge in [-0.25, -0.2) is 4.68 Å². The fraction of sp³-hybridized carbons (Fsp3) is 0.526. The molecule has 3 heterocycles. The topological polar surface area (TPSA) is 81.5 Å². The Morgan fingerprint density at radius 1 is 1.31 bits per heavy atom. The summed E-state index contributed by atoms with van der Waals surface area (Å²) in [6, 6.07) is 3.87. The molecule has 0 radical (unpaired) electrons. The molecule has 3 aromatic rings. The van der Waals surface area contributed by atoms with Crippen molar-refractivity contribution in [3.8, 4) is 0 Å². The van der Waals surface area contributed by atoms with Gasteiger partial charge in [-0.2, -0.15) is 5.10 Å². The van der Waals surface area contributed by atoms with Crippen LogP contribution in [0.1, 0.15) is 51.6 Å². The summed E-state index contributed by atoms with van der Waals surface area (Å²) in [6.07, 6.45) is 2.55. The summed E-state index contributed by atoms with van der Waals surface area (Å²) in [5.74, 6) is 1.63. The summed E-state index contributed by atoms with van der Waals surface area (Å²) in [7, 11) is 0. The second-order valence-electron chi connectivity index (χ2n) is 6.75. The number of hydrogen-bond donors (Lipinski definition) is 1. The van der Waals surface area contributed by atoms with E-state index in [1.54, 1.807) is 6.07 Å². The molecule has 1 unspecified atom stereocenters. The Labute approximate surface area is 152 Å². The predicted octanol–water partition coefficient (Wildman–Crippen LogP) is 2.81. The first-order valence-electron chi connectivity index (χ1n) is 9.25. The number of hydrogen-bond acceptors (Lipinski definition) is 4. The van der Waals surface area contributed by atoms with E-state index < -0.39 is 0 Å². The number of furan rings is 1. The Balaban J connectivity index is 1.84. The number of fused-ring (bicyclic) bond motifs is 3. The Hall–Kier alpha value is -2.57. The van der Waals surface area contributed by atoms with Gasteiger partial charge in [0.15, 0.2) is 5.58 Å². The van der Waals surface area contributed by atoms with Crippen LogP contribution in [-0.2, 0) is 17.8 Å². The molecule has 7 nitrogen and oxygen atoms in total. The molecule has 0 saturated carbocycles. The number of aromatic nitrogens is 3. The van der Waals surface area contributed by atoms with Crippen LogP contribution < -0.4 is 10.9 Å². The number of rotatable bonds is 7. The first-order valence-corrected chi connectivity index (χ1v) is 9.25. The average molecular weight is 358 g/mol. The molecule has 1 N–H and O–H groups in total. The Kier molecular flexibility index (Phi) is 5.15. The van der Waals surface area contributed by atoms with E-state index in [0.717, 1.165) is 23.5 Å². The minimum Gasteiger partial charge on any atom is -0.460 e. The maximum Gasteiger partial charge on any atom is 0.291 e. The average Bonchev–Trinajstić information content (AvgIpc) is 3.13. The molecule has 7 heteroatoms. The quantitative estimate of drug-likeness (QED) is 0.704. The highest BCUT2D eigenvalue weighted by Gasteiger charge is 2.16. The lowest BCUT2D eigenvalue weighted by molar-refractivity contribution is -0.121. The lowest BCUT2D eigenvalue weighted by Gasteiger charge is -2.12. The Morgan fingerprint density at radius 3 is 2.77 bits per heavy atom. The Morgan fingerprint density at radius 2 is 2.08 bits per heavy atom. The van der Waals surface area contributed by atoms with E-state index in [4.69, 9.17) is 4.42 Å². The van der Waals surface area contributed by atoms with Gasteiger partial charge in [0.2, 0.25) is 5.91 Å². The summed E-state index contributed by atoms with van der Waals surface area (Å²) < 4.78 is 9.00. The lowest BCUT2D eigenvalue weighted by atomic mass is 10.2. The third-order valence-corrected chi connectivity index (χ3v) is 4.67. The van der Waals surface area contributed by atoms with Gasteiger partial charge in [-0.15, -0.1) is 0 Å². The lowest BCUT2D eigenvalue weighted by Crippen LogP contribution is -2.32. The molecule has 0 spiro atoms. The van der Waals surface area contributed by atoms with Crippen molar-refractivity contribution in [3.63, 3.8) is 0 Å². The van der Waals surface area contributed by atoms with E-state index in [1.165, 1.54) is 4.68 Å². The minimum absolute atomic E-state index is 0.0138. The number of amides is 1. The van der Waals surface area contributed by atoms with Crippen LogP contribution >= 0.6 is 0 Å². The Bertz CT molecular complexity index is 996. The second-order valence-corrected chi connectivity index (χ2v) is 6.75. The smallest absolute Gasteiger partial charge is 0.291 e. The highest BCUT2D eigenvalue weighted by Crippen LogP contribution is 2.23. The maximum absolute atomic E-state index is 12.8. The molecule has 140 valence electrons. The van der Waals surface area contributed by atoms with Crippen LogP contribution in [0.2, 0.25) is 0 Å². The molecule has 0 aliphatic carbocycles. The molecule has 0 bridgehead atoms. The number of carbonyl (C=O) groups excluding carboxylic acids is 1. The van der Waals surface area contributed by atoms with Crippen molar-refractivity contribution in [1.82, 2.24) is 19.5 Å². The number of nitrogens with zero attached hydrogens (tertiary/aromatic N) is 3. The van der Waals surface area contributed by atoms with Crippen molar-refractivity contribution >= 4 is 22.5 Å².